The van der Waals surface area contributed by atoms with E-state index in [-0.39, 0.29) is 11.3 Å². The third kappa shape index (κ3) is 5.38. The molecule has 2 saturated heterocycles. The fourth-order valence-electron chi connectivity index (χ4n) is 5.22. The smallest absolute Gasteiger partial charge is 0.197 e. The van der Waals surface area contributed by atoms with Gasteiger partial charge in [0.25, 0.3) is 0 Å². The summed E-state index contributed by atoms with van der Waals surface area (Å²) < 4.78 is 22.7. The number of phenolic OH excluding ortho intramolecular Hbond substituents is 4. The van der Waals surface area contributed by atoms with E-state index in [0.29, 0.717) is 0 Å². The molecule has 234 valence electrons. The summed E-state index contributed by atoms with van der Waals surface area (Å²) in [6, 6.07) is 5.24. The van der Waals surface area contributed by atoms with Crippen molar-refractivity contribution in [3.8, 4) is 34.3 Å². The number of aliphatic hydroxyl groups is 7. The Bertz CT molecular complexity index is 1540. The van der Waals surface area contributed by atoms with Gasteiger partial charge in [0.2, 0.25) is 0 Å². The molecule has 11 N–H and O–H groups in total. The number of aliphatic hydroxyl groups excluding tert-OH is 7. The molecule has 3 heterocycles. The van der Waals surface area contributed by atoms with Crippen LogP contribution in [0.3, 0.4) is 0 Å². The Hall–Kier alpha value is -3.55. The second-order valence-electron chi connectivity index (χ2n) is 10.3. The van der Waals surface area contributed by atoms with Crippen molar-refractivity contribution in [3.05, 3.63) is 46.1 Å². The van der Waals surface area contributed by atoms with Gasteiger partial charge in [-0.2, -0.15) is 0 Å². The van der Waals surface area contributed by atoms with E-state index >= 15 is 0 Å². The zero-order valence-electron chi connectivity index (χ0n) is 22.0. The number of benzene rings is 2. The SMILES string of the molecule is O=c1cc(-c2ccc(O)c(O)c2)oc2c([C@@H]3O[C@H](CO)[C@H](O)[C@H](O)[C@@H]3O[C@H]3O[C@H](CO)[C@H](O)[C@@H](O)[C@@H]3O)c(O)cc(O)c12. The first-order valence-electron chi connectivity index (χ1n) is 13.0. The van der Waals surface area contributed by atoms with Crippen LogP contribution in [0.2, 0.25) is 0 Å². The minimum Gasteiger partial charge on any atom is -0.507 e. The van der Waals surface area contributed by atoms with Gasteiger partial charge < -0.3 is 74.8 Å². The third-order valence-corrected chi connectivity index (χ3v) is 7.55. The summed E-state index contributed by atoms with van der Waals surface area (Å²) in [6.07, 6.45) is -17.7. The highest BCUT2D eigenvalue weighted by molar-refractivity contribution is 5.89. The van der Waals surface area contributed by atoms with E-state index in [1.165, 1.54) is 6.07 Å². The van der Waals surface area contributed by atoms with Gasteiger partial charge in [-0.15, -0.1) is 0 Å². The zero-order chi connectivity index (χ0) is 31.3. The third-order valence-electron chi connectivity index (χ3n) is 7.55. The van der Waals surface area contributed by atoms with E-state index in [2.05, 4.69) is 0 Å². The molecule has 5 rings (SSSR count). The molecule has 43 heavy (non-hydrogen) atoms. The molecule has 2 aromatic carbocycles. The summed E-state index contributed by atoms with van der Waals surface area (Å²) in [5.41, 5.74) is -1.66. The first-order chi connectivity index (χ1) is 20.4. The van der Waals surface area contributed by atoms with Crippen LogP contribution < -0.4 is 5.43 Å². The van der Waals surface area contributed by atoms with Crippen LogP contribution in [0.1, 0.15) is 11.7 Å². The standard InChI is InChI=1S/C27H30O16/c28-6-15-20(36)22(38)26(43-27-23(39)21(37)19(35)16(7-29)42-27)25(41-15)18-12(33)4-11(32)17-13(34)5-14(40-24(17)18)8-1-2-9(30)10(31)3-8/h1-5,15-16,19-23,25-33,35-39H,6-7H2/t15-,16-,19+,20+,21-,22+,23+,25+,26+,27-/m1/s1. The van der Waals surface area contributed by atoms with E-state index in [1.807, 2.05) is 0 Å². The Morgan fingerprint density at radius 3 is 2.00 bits per heavy atom. The summed E-state index contributed by atoms with van der Waals surface area (Å²) in [5.74, 6) is -2.70. The van der Waals surface area contributed by atoms with Crippen LogP contribution in [0.5, 0.6) is 23.0 Å². The molecule has 0 amide bonds. The molecule has 0 radical (unpaired) electrons. The van der Waals surface area contributed by atoms with Gasteiger partial charge >= 0.3 is 0 Å². The predicted molar refractivity (Wildman–Crippen MR) is 140 cm³/mol. The molecular formula is C27H30O16. The van der Waals surface area contributed by atoms with Gasteiger partial charge in [-0.1, -0.05) is 0 Å². The van der Waals surface area contributed by atoms with Crippen molar-refractivity contribution < 1.29 is 74.8 Å². The number of fused-ring (bicyclic) bond motifs is 1. The Balaban J connectivity index is 1.67. The van der Waals surface area contributed by atoms with Crippen molar-refractivity contribution >= 4 is 11.0 Å². The van der Waals surface area contributed by atoms with Gasteiger partial charge in [0.05, 0.1) is 18.8 Å². The van der Waals surface area contributed by atoms with Crippen LogP contribution in [0.15, 0.2) is 39.5 Å². The first kappa shape index (κ1) is 30.9. The minimum absolute atomic E-state index is 0.0884. The highest BCUT2D eigenvalue weighted by Crippen LogP contribution is 2.45. The lowest BCUT2D eigenvalue weighted by Crippen LogP contribution is -2.62. The summed E-state index contributed by atoms with van der Waals surface area (Å²) in [7, 11) is 0. The van der Waals surface area contributed by atoms with E-state index < -0.39 is 119 Å². The van der Waals surface area contributed by atoms with Crippen molar-refractivity contribution in [3.63, 3.8) is 0 Å². The number of aromatic hydroxyl groups is 4. The average molecular weight is 611 g/mol. The van der Waals surface area contributed by atoms with Crippen molar-refractivity contribution in [2.24, 2.45) is 0 Å². The van der Waals surface area contributed by atoms with Crippen LogP contribution in [0.4, 0.5) is 0 Å². The lowest BCUT2D eigenvalue weighted by atomic mass is 9.89. The Morgan fingerprint density at radius 2 is 1.35 bits per heavy atom. The van der Waals surface area contributed by atoms with Crippen LogP contribution in [0, 0.1) is 0 Å². The maximum absolute atomic E-state index is 13.2. The van der Waals surface area contributed by atoms with E-state index in [1.54, 1.807) is 0 Å². The first-order valence-corrected chi connectivity index (χ1v) is 13.0. The number of hydrogen-bond acceptors (Lipinski definition) is 16. The van der Waals surface area contributed by atoms with E-state index in [0.717, 1.165) is 24.3 Å². The van der Waals surface area contributed by atoms with Crippen LogP contribution in [-0.4, -0.2) is 125 Å². The molecule has 0 saturated carbocycles. The Kier molecular flexibility index (Phi) is 8.52. The molecular weight excluding hydrogens is 580 g/mol. The van der Waals surface area contributed by atoms with Gasteiger partial charge in [0.1, 0.15) is 77.6 Å². The topological polar surface area (TPSA) is 280 Å². The second kappa shape index (κ2) is 11.9. The lowest BCUT2D eigenvalue weighted by molar-refractivity contribution is -0.342. The maximum Gasteiger partial charge on any atom is 0.197 e. The number of rotatable bonds is 6. The fraction of sp³-hybridized carbons (Fsp3) is 0.444. The van der Waals surface area contributed by atoms with Crippen molar-refractivity contribution in [1.29, 1.82) is 0 Å². The highest BCUT2D eigenvalue weighted by Gasteiger charge is 2.52. The molecule has 0 unspecified atom stereocenters. The average Bonchev–Trinajstić information content (AvgIpc) is 2.97. The molecule has 2 aliphatic rings. The number of hydrogen-bond donors (Lipinski definition) is 11. The molecule has 0 bridgehead atoms. The Morgan fingerprint density at radius 1 is 0.698 bits per heavy atom. The van der Waals surface area contributed by atoms with Crippen LogP contribution >= 0.6 is 0 Å². The van der Waals surface area contributed by atoms with E-state index in [9.17, 15) is 61.0 Å². The molecule has 3 aromatic rings. The van der Waals surface area contributed by atoms with Gasteiger partial charge in [0.15, 0.2) is 28.8 Å². The Labute approximate surface area is 241 Å². The summed E-state index contributed by atoms with van der Waals surface area (Å²) in [4.78, 5) is 13.2. The molecule has 10 atom stereocenters. The quantitative estimate of drug-likeness (QED) is 0.130. The molecule has 1 aromatic heterocycles. The normalized spacial score (nSPS) is 33.1. The number of ether oxygens (including phenoxy) is 3. The van der Waals surface area contributed by atoms with Crippen LogP contribution in [-0.2, 0) is 14.2 Å². The molecule has 16 nitrogen and oxygen atoms in total. The zero-order valence-corrected chi connectivity index (χ0v) is 22.0. The summed E-state index contributed by atoms with van der Waals surface area (Å²) in [5, 5.41) is 113. The largest absolute Gasteiger partial charge is 0.507 e. The monoisotopic (exact) mass is 610 g/mol. The summed E-state index contributed by atoms with van der Waals surface area (Å²) in [6.45, 7) is -1.66. The van der Waals surface area contributed by atoms with Gasteiger partial charge in [-0.25, -0.2) is 0 Å². The maximum atomic E-state index is 13.2. The minimum atomic E-state index is -1.95. The van der Waals surface area contributed by atoms with Crippen molar-refractivity contribution in [2.75, 3.05) is 13.2 Å². The molecule has 2 fully saturated rings. The second-order valence-corrected chi connectivity index (χ2v) is 10.3. The molecule has 0 aliphatic carbocycles. The highest BCUT2D eigenvalue weighted by atomic mass is 16.7. The predicted octanol–water partition coefficient (Wildman–Crippen LogP) is -2.38. The molecule has 16 heteroatoms. The van der Waals surface area contributed by atoms with Crippen molar-refractivity contribution in [1.82, 2.24) is 0 Å². The fourth-order valence-corrected chi connectivity index (χ4v) is 5.22. The lowest BCUT2D eigenvalue weighted by Gasteiger charge is -2.46. The van der Waals surface area contributed by atoms with E-state index in [4.69, 9.17) is 18.6 Å². The van der Waals surface area contributed by atoms with Gasteiger partial charge in [-0.3, -0.25) is 4.79 Å². The molecule has 0 spiro atoms. The van der Waals surface area contributed by atoms with Crippen LogP contribution in [0.25, 0.3) is 22.3 Å². The molecule has 2 aliphatic heterocycles. The van der Waals surface area contributed by atoms with Crippen molar-refractivity contribution in [2.45, 2.75) is 61.2 Å². The summed E-state index contributed by atoms with van der Waals surface area (Å²) >= 11 is 0. The number of phenols is 4. The van der Waals surface area contributed by atoms with Gasteiger partial charge in [-0.05, 0) is 18.2 Å². The van der Waals surface area contributed by atoms with Gasteiger partial charge in [0, 0.05) is 17.7 Å².